The minimum atomic E-state index is 0.00774. The second-order valence-electron chi connectivity index (χ2n) is 4.06. The molecule has 1 rings (SSSR count). The molecule has 1 amide bonds. The summed E-state index contributed by atoms with van der Waals surface area (Å²) >= 11 is 0. The van der Waals surface area contributed by atoms with Crippen molar-refractivity contribution < 1.29 is 19.4 Å². The molecule has 0 radical (unpaired) electrons. The lowest BCUT2D eigenvalue weighted by molar-refractivity contribution is -0.124. The number of amides is 1. The highest BCUT2D eigenvalue weighted by Crippen LogP contribution is 2.18. The van der Waals surface area contributed by atoms with E-state index in [-0.39, 0.29) is 24.5 Å². The largest absolute Gasteiger partial charge is 0.394 e. The Morgan fingerprint density at radius 1 is 1.56 bits per heavy atom. The van der Waals surface area contributed by atoms with Crippen LogP contribution in [0.15, 0.2) is 0 Å². The van der Waals surface area contributed by atoms with Gasteiger partial charge >= 0.3 is 0 Å². The van der Waals surface area contributed by atoms with E-state index >= 15 is 0 Å². The second-order valence-corrected chi connectivity index (χ2v) is 4.06. The van der Waals surface area contributed by atoms with E-state index in [0.29, 0.717) is 26.4 Å². The summed E-state index contributed by atoms with van der Waals surface area (Å²) in [4.78, 5) is 11.6. The fourth-order valence-electron chi connectivity index (χ4n) is 1.70. The molecule has 0 bridgehead atoms. The predicted molar refractivity (Wildman–Crippen MR) is 59.1 cm³/mol. The molecule has 1 aliphatic heterocycles. The summed E-state index contributed by atoms with van der Waals surface area (Å²) in [5.41, 5.74) is 0. The molecule has 1 fully saturated rings. The predicted octanol–water partition coefficient (Wildman–Crippen LogP) is -0.0734. The van der Waals surface area contributed by atoms with Gasteiger partial charge in [0, 0.05) is 13.2 Å². The van der Waals surface area contributed by atoms with Gasteiger partial charge in [-0.05, 0) is 19.8 Å². The van der Waals surface area contributed by atoms with Crippen LogP contribution in [0.3, 0.4) is 0 Å². The van der Waals surface area contributed by atoms with Crippen molar-refractivity contribution in [2.45, 2.75) is 25.9 Å². The molecule has 0 aromatic heterocycles. The third kappa shape index (κ3) is 4.92. The van der Waals surface area contributed by atoms with Crippen molar-refractivity contribution in [2.24, 2.45) is 5.92 Å². The second kappa shape index (κ2) is 7.60. The first-order chi connectivity index (χ1) is 7.74. The SMILES string of the molecule is CC1CC(C(=O)NCCCOCCO)CO1. The van der Waals surface area contributed by atoms with Gasteiger partial charge in [0.2, 0.25) is 5.91 Å². The minimum absolute atomic E-state index is 0.00774. The van der Waals surface area contributed by atoms with Crippen LogP contribution in [0.1, 0.15) is 19.8 Å². The minimum Gasteiger partial charge on any atom is -0.394 e. The van der Waals surface area contributed by atoms with E-state index in [1.807, 2.05) is 6.92 Å². The van der Waals surface area contributed by atoms with Crippen LogP contribution < -0.4 is 5.32 Å². The lowest BCUT2D eigenvalue weighted by Gasteiger charge is -2.09. The van der Waals surface area contributed by atoms with Crippen LogP contribution in [0.4, 0.5) is 0 Å². The maximum absolute atomic E-state index is 11.6. The van der Waals surface area contributed by atoms with E-state index in [2.05, 4.69) is 5.32 Å². The molecular formula is C11H21NO4. The molecule has 5 heteroatoms. The topological polar surface area (TPSA) is 67.8 Å². The first-order valence-electron chi connectivity index (χ1n) is 5.82. The van der Waals surface area contributed by atoms with Crippen molar-refractivity contribution in [1.29, 1.82) is 0 Å². The molecule has 1 aliphatic rings. The summed E-state index contributed by atoms with van der Waals surface area (Å²) < 4.78 is 10.4. The fourth-order valence-corrected chi connectivity index (χ4v) is 1.70. The Morgan fingerprint density at radius 2 is 2.38 bits per heavy atom. The van der Waals surface area contributed by atoms with Crippen LogP contribution in [0.25, 0.3) is 0 Å². The molecular weight excluding hydrogens is 210 g/mol. The van der Waals surface area contributed by atoms with Crippen molar-refractivity contribution >= 4 is 5.91 Å². The van der Waals surface area contributed by atoms with E-state index in [0.717, 1.165) is 12.8 Å². The van der Waals surface area contributed by atoms with Gasteiger partial charge in [-0.3, -0.25) is 4.79 Å². The Labute approximate surface area is 96.1 Å². The zero-order chi connectivity index (χ0) is 11.8. The van der Waals surface area contributed by atoms with Gasteiger partial charge in [-0.15, -0.1) is 0 Å². The van der Waals surface area contributed by atoms with Gasteiger partial charge in [-0.1, -0.05) is 0 Å². The van der Waals surface area contributed by atoms with Crippen LogP contribution in [0.5, 0.6) is 0 Å². The molecule has 1 saturated heterocycles. The van der Waals surface area contributed by atoms with Gasteiger partial charge in [0.05, 0.1) is 31.8 Å². The molecule has 0 aliphatic carbocycles. The highest BCUT2D eigenvalue weighted by atomic mass is 16.5. The van der Waals surface area contributed by atoms with Crippen molar-refractivity contribution in [3.8, 4) is 0 Å². The van der Waals surface area contributed by atoms with Crippen LogP contribution >= 0.6 is 0 Å². The van der Waals surface area contributed by atoms with E-state index in [4.69, 9.17) is 14.6 Å². The van der Waals surface area contributed by atoms with Gasteiger partial charge in [0.25, 0.3) is 0 Å². The molecule has 5 nitrogen and oxygen atoms in total. The summed E-state index contributed by atoms with van der Waals surface area (Å²) in [5.74, 6) is 0.0832. The molecule has 0 aromatic carbocycles. The van der Waals surface area contributed by atoms with Crippen molar-refractivity contribution in [3.63, 3.8) is 0 Å². The Hall–Kier alpha value is -0.650. The van der Waals surface area contributed by atoms with Gasteiger partial charge in [-0.2, -0.15) is 0 Å². The quantitative estimate of drug-likeness (QED) is 0.602. The smallest absolute Gasteiger partial charge is 0.225 e. The van der Waals surface area contributed by atoms with Crippen molar-refractivity contribution in [1.82, 2.24) is 5.32 Å². The van der Waals surface area contributed by atoms with Crippen LogP contribution in [-0.4, -0.2) is 50.1 Å². The Balaban J connectivity index is 1.98. The molecule has 0 aromatic rings. The monoisotopic (exact) mass is 231 g/mol. The van der Waals surface area contributed by atoms with Crippen molar-refractivity contribution in [2.75, 3.05) is 33.0 Å². The lowest BCUT2D eigenvalue weighted by Crippen LogP contribution is -2.32. The van der Waals surface area contributed by atoms with E-state index < -0.39 is 0 Å². The van der Waals surface area contributed by atoms with Crippen LogP contribution in [0.2, 0.25) is 0 Å². The first-order valence-corrected chi connectivity index (χ1v) is 5.82. The molecule has 2 unspecified atom stereocenters. The third-order valence-electron chi connectivity index (χ3n) is 2.57. The summed E-state index contributed by atoms with van der Waals surface area (Å²) in [7, 11) is 0. The zero-order valence-corrected chi connectivity index (χ0v) is 9.78. The van der Waals surface area contributed by atoms with Gasteiger partial charge in [0.1, 0.15) is 0 Å². The van der Waals surface area contributed by atoms with Gasteiger partial charge in [0.15, 0.2) is 0 Å². The summed E-state index contributed by atoms with van der Waals surface area (Å²) in [6.07, 6.45) is 1.78. The highest BCUT2D eigenvalue weighted by molar-refractivity contribution is 5.79. The van der Waals surface area contributed by atoms with Crippen LogP contribution in [-0.2, 0) is 14.3 Å². The average Bonchev–Trinajstić information content (AvgIpc) is 2.70. The van der Waals surface area contributed by atoms with Gasteiger partial charge < -0.3 is 19.9 Å². The summed E-state index contributed by atoms with van der Waals surface area (Å²) in [6, 6.07) is 0. The number of hydrogen-bond acceptors (Lipinski definition) is 4. The fraction of sp³-hybridized carbons (Fsp3) is 0.909. The number of ether oxygens (including phenoxy) is 2. The highest BCUT2D eigenvalue weighted by Gasteiger charge is 2.27. The zero-order valence-electron chi connectivity index (χ0n) is 9.78. The molecule has 2 N–H and O–H groups in total. The molecule has 1 heterocycles. The Bertz CT molecular complexity index is 210. The normalized spacial score (nSPS) is 24.6. The first kappa shape index (κ1) is 13.4. The number of carbonyl (C=O) groups is 1. The molecule has 94 valence electrons. The van der Waals surface area contributed by atoms with E-state index in [9.17, 15) is 4.79 Å². The lowest BCUT2D eigenvalue weighted by atomic mass is 10.1. The summed E-state index contributed by atoms with van der Waals surface area (Å²) in [6.45, 7) is 4.11. The average molecular weight is 231 g/mol. The van der Waals surface area contributed by atoms with Gasteiger partial charge in [-0.25, -0.2) is 0 Å². The molecule has 0 saturated carbocycles. The number of nitrogens with one attached hydrogen (secondary N) is 1. The number of hydrogen-bond donors (Lipinski definition) is 2. The van der Waals surface area contributed by atoms with Crippen LogP contribution in [0, 0.1) is 5.92 Å². The Kier molecular flexibility index (Phi) is 6.37. The third-order valence-corrected chi connectivity index (χ3v) is 2.57. The standard InChI is InChI=1S/C11H21NO4/c1-9-7-10(8-16-9)11(14)12-3-2-5-15-6-4-13/h9-10,13H,2-8H2,1H3,(H,12,14). The Morgan fingerprint density at radius 3 is 3.00 bits per heavy atom. The maximum Gasteiger partial charge on any atom is 0.225 e. The molecule has 0 spiro atoms. The number of aliphatic hydroxyl groups is 1. The van der Waals surface area contributed by atoms with E-state index in [1.54, 1.807) is 0 Å². The number of carbonyl (C=O) groups excluding carboxylic acids is 1. The van der Waals surface area contributed by atoms with Crippen molar-refractivity contribution in [3.05, 3.63) is 0 Å². The summed E-state index contributed by atoms with van der Waals surface area (Å²) in [5, 5.41) is 11.3. The molecule has 16 heavy (non-hydrogen) atoms. The molecule has 2 atom stereocenters. The number of aliphatic hydroxyl groups excluding tert-OH is 1. The van der Waals surface area contributed by atoms with E-state index in [1.165, 1.54) is 0 Å². The number of rotatable bonds is 7. The maximum atomic E-state index is 11.6.